The number of methoxy groups -OCH3 is 2. The second kappa shape index (κ2) is 5.58. The highest BCUT2D eigenvalue weighted by Gasteiger charge is 2.25. The van der Waals surface area contributed by atoms with Crippen LogP contribution in [0.1, 0.15) is 10.9 Å². The molecule has 1 aliphatic rings. The van der Waals surface area contributed by atoms with Crippen LogP contribution in [0.5, 0.6) is 17.2 Å². The number of thioether (sulfide) groups is 1. The first-order valence-electron chi connectivity index (χ1n) is 6.30. The number of hydrogen-bond acceptors (Lipinski definition) is 5. The lowest BCUT2D eigenvalue weighted by atomic mass is 10.1. The van der Waals surface area contributed by atoms with Gasteiger partial charge >= 0.3 is 0 Å². The van der Waals surface area contributed by atoms with Crippen LogP contribution in [0.2, 0.25) is 5.02 Å². The van der Waals surface area contributed by atoms with Crippen LogP contribution in [0.25, 0.3) is 0 Å². The van der Waals surface area contributed by atoms with Crippen LogP contribution in [-0.4, -0.2) is 19.3 Å². The minimum atomic E-state index is 0.00676. The Morgan fingerprint density at radius 2 is 1.81 bits per heavy atom. The summed E-state index contributed by atoms with van der Waals surface area (Å²) < 4.78 is 10.4. The fraction of sp³-hybridized carbons (Fsp3) is 0.200. The van der Waals surface area contributed by atoms with Gasteiger partial charge in [-0.1, -0.05) is 23.4 Å². The largest absolute Gasteiger partial charge is 0.502 e. The van der Waals surface area contributed by atoms with Crippen molar-refractivity contribution in [3.05, 3.63) is 40.9 Å². The van der Waals surface area contributed by atoms with Gasteiger partial charge in [0.2, 0.25) is 5.75 Å². The van der Waals surface area contributed by atoms with Gasteiger partial charge in [0.25, 0.3) is 0 Å². The van der Waals surface area contributed by atoms with Crippen molar-refractivity contribution < 1.29 is 14.6 Å². The third kappa shape index (κ3) is 2.59. The number of phenols is 1. The fourth-order valence-electron chi connectivity index (χ4n) is 2.23. The van der Waals surface area contributed by atoms with Crippen molar-refractivity contribution >= 4 is 29.1 Å². The second-order valence-corrected chi connectivity index (χ2v) is 6.14. The maximum Gasteiger partial charge on any atom is 0.200 e. The number of ether oxygens (including phenoxy) is 2. The Hall–Kier alpha value is -1.72. The standard InChI is InChI=1S/C15H14ClNO3S/c1-19-11-5-8(6-12(20-2)14(11)18)15-17-10-7-9(16)3-4-13(10)21-15/h3-7,15,17-18H,1-2H3/t15-/m0/s1. The van der Waals surface area contributed by atoms with Crippen LogP contribution < -0.4 is 14.8 Å². The van der Waals surface area contributed by atoms with Gasteiger partial charge in [0, 0.05) is 9.92 Å². The molecule has 2 N–H and O–H groups in total. The topological polar surface area (TPSA) is 50.7 Å². The zero-order valence-corrected chi connectivity index (χ0v) is 13.1. The molecule has 2 aromatic carbocycles. The number of hydrogen-bond donors (Lipinski definition) is 2. The normalized spacial score (nSPS) is 16.2. The summed E-state index contributed by atoms with van der Waals surface area (Å²) >= 11 is 7.69. The van der Waals surface area contributed by atoms with Gasteiger partial charge < -0.3 is 19.9 Å². The highest BCUT2D eigenvalue weighted by atomic mass is 35.5. The minimum Gasteiger partial charge on any atom is -0.502 e. The van der Waals surface area contributed by atoms with Crippen LogP contribution in [0.4, 0.5) is 5.69 Å². The van der Waals surface area contributed by atoms with Gasteiger partial charge in [-0.05, 0) is 35.9 Å². The van der Waals surface area contributed by atoms with Crippen LogP contribution >= 0.6 is 23.4 Å². The Kier molecular flexibility index (Phi) is 3.78. The molecule has 6 heteroatoms. The van der Waals surface area contributed by atoms with E-state index in [4.69, 9.17) is 21.1 Å². The van der Waals surface area contributed by atoms with Crippen molar-refractivity contribution in [2.45, 2.75) is 10.3 Å². The molecule has 0 radical (unpaired) electrons. The highest BCUT2D eigenvalue weighted by Crippen LogP contribution is 2.49. The quantitative estimate of drug-likeness (QED) is 0.883. The van der Waals surface area contributed by atoms with E-state index >= 15 is 0 Å². The van der Waals surface area contributed by atoms with Crippen molar-refractivity contribution in [2.75, 3.05) is 19.5 Å². The predicted molar refractivity (Wildman–Crippen MR) is 84.9 cm³/mol. The molecule has 21 heavy (non-hydrogen) atoms. The fourth-order valence-corrected chi connectivity index (χ4v) is 3.51. The molecule has 0 aromatic heterocycles. The van der Waals surface area contributed by atoms with E-state index in [0.29, 0.717) is 16.5 Å². The molecule has 0 spiro atoms. The van der Waals surface area contributed by atoms with Crippen LogP contribution in [0.15, 0.2) is 35.2 Å². The van der Waals surface area contributed by atoms with Crippen LogP contribution in [-0.2, 0) is 0 Å². The number of benzene rings is 2. The monoisotopic (exact) mass is 323 g/mol. The van der Waals surface area contributed by atoms with E-state index in [2.05, 4.69) is 5.32 Å². The summed E-state index contributed by atoms with van der Waals surface area (Å²) in [5, 5.41) is 14.1. The van der Waals surface area contributed by atoms with Crippen molar-refractivity contribution in [1.82, 2.24) is 0 Å². The average Bonchev–Trinajstić information content (AvgIpc) is 2.90. The molecule has 0 saturated heterocycles. The Balaban J connectivity index is 1.96. The minimum absolute atomic E-state index is 0.00676. The number of aromatic hydroxyl groups is 1. The first kappa shape index (κ1) is 14.2. The van der Waals surface area contributed by atoms with Gasteiger partial charge in [0.15, 0.2) is 11.5 Å². The summed E-state index contributed by atoms with van der Waals surface area (Å²) in [6.07, 6.45) is 0. The lowest BCUT2D eigenvalue weighted by Crippen LogP contribution is -2.02. The molecule has 1 atom stereocenters. The van der Waals surface area contributed by atoms with Gasteiger partial charge in [-0.2, -0.15) is 0 Å². The summed E-state index contributed by atoms with van der Waals surface area (Å²) in [7, 11) is 3.03. The number of anilines is 1. The first-order chi connectivity index (χ1) is 10.1. The first-order valence-corrected chi connectivity index (χ1v) is 7.55. The lowest BCUT2D eigenvalue weighted by Gasteiger charge is -2.15. The van der Waals surface area contributed by atoms with Crippen molar-refractivity contribution in [3.63, 3.8) is 0 Å². The molecule has 3 rings (SSSR count). The number of halogens is 1. The zero-order chi connectivity index (χ0) is 15.0. The molecule has 0 fully saturated rings. The number of phenolic OH excluding ortho intramolecular Hbond substituents is 1. The molecule has 0 amide bonds. The van der Waals surface area contributed by atoms with Crippen LogP contribution in [0.3, 0.4) is 0 Å². The number of rotatable bonds is 3. The van der Waals surface area contributed by atoms with E-state index in [-0.39, 0.29) is 11.1 Å². The van der Waals surface area contributed by atoms with Gasteiger partial charge in [-0.3, -0.25) is 0 Å². The third-order valence-corrected chi connectivity index (χ3v) is 4.75. The van der Waals surface area contributed by atoms with Crippen LogP contribution in [0, 0.1) is 0 Å². The van der Waals surface area contributed by atoms with Crippen molar-refractivity contribution in [3.8, 4) is 17.2 Å². The number of nitrogens with one attached hydrogen (secondary N) is 1. The summed E-state index contributed by atoms with van der Waals surface area (Å²) in [6.45, 7) is 0. The van der Waals surface area contributed by atoms with Gasteiger partial charge in [0.05, 0.1) is 19.9 Å². The molecule has 110 valence electrons. The molecule has 0 aliphatic carbocycles. The van der Waals surface area contributed by atoms with E-state index in [1.54, 1.807) is 23.9 Å². The molecule has 4 nitrogen and oxygen atoms in total. The molecule has 2 aromatic rings. The highest BCUT2D eigenvalue weighted by molar-refractivity contribution is 8.00. The molecule has 0 saturated carbocycles. The van der Waals surface area contributed by atoms with E-state index in [1.165, 1.54) is 14.2 Å². The molecule has 0 unspecified atom stereocenters. The summed E-state index contributed by atoms with van der Waals surface area (Å²) in [4.78, 5) is 1.13. The van der Waals surface area contributed by atoms with Crippen molar-refractivity contribution in [1.29, 1.82) is 0 Å². The number of fused-ring (bicyclic) bond motifs is 1. The summed E-state index contributed by atoms with van der Waals surface area (Å²) in [6, 6.07) is 9.37. The molecular weight excluding hydrogens is 310 g/mol. The smallest absolute Gasteiger partial charge is 0.200 e. The Bertz CT molecular complexity index is 668. The Morgan fingerprint density at radius 1 is 1.14 bits per heavy atom. The van der Waals surface area contributed by atoms with E-state index < -0.39 is 0 Å². The molecule has 0 bridgehead atoms. The molecule has 1 aliphatic heterocycles. The Morgan fingerprint density at radius 3 is 2.43 bits per heavy atom. The third-order valence-electron chi connectivity index (χ3n) is 3.28. The summed E-state index contributed by atoms with van der Waals surface area (Å²) in [5.41, 5.74) is 1.96. The maximum absolute atomic E-state index is 9.97. The van der Waals surface area contributed by atoms with Gasteiger partial charge in [0.1, 0.15) is 5.37 Å². The molecular formula is C15H14ClNO3S. The van der Waals surface area contributed by atoms with E-state index in [1.807, 2.05) is 18.2 Å². The van der Waals surface area contributed by atoms with E-state index in [9.17, 15) is 5.11 Å². The zero-order valence-electron chi connectivity index (χ0n) is 11.5. The van der Waals surface area contributed by atoms with E-state index in [0.717, 1.165) is 16.1 Å². The SMILES string of the molecule is COc1cc([C@H]2Nc3cc(Cl)ccc3S2)cc(OC)c1O. The van der Waals surface area contributed by atoms with Crippen molar-refractivity contribution in [2.24, 2.45) is 0 Å². The Labute approximate surface area is 132 Å². The maximum atomic E-state index is 9.97. The summed E-state index contributed by atoms with van der Waals surface area (Å²) in [5.74, 6) is 0.786. The second-order valence-electron chi connectivity index (χ2n) is 4.56. The average molecular weight is 324 g/mol. The van der Waals surface area contributed by atoms with Gasteiger partial charge in [-0.25, -0.2) is 0 Å². The predicted octanol–water partition coefficient (Wildman–Crippen LogP) is 4.28. The lowest BCUT2D eigenvalue weighted by molar-refractivity contribution is 0.339. The molecule has 1 heterocycles. The van der Waals surface area contributed by atoms with Gasteiger partial charge in [-0.15, -0.1) is 0 Å².